The van der Waals surface area contributed by atoms with Crippen molar-refractivity contribution >= 4 is 23.6 Å². The largest absolute Gasteiger partial charge is 0.466 e. The van der Waals surface area contributed by atoms with Crippen LogP contribution in [0.5, 0.6) is 0 Å². The van der Waals surface area contributed by atoms with E-state index in [2.05, 4.69) is 9.89 Å². The standard InChI is InChI=1S/C12H15NO7/c1-7(14)19-10-6-12(11(16)18-3,20-8(2)15)5-4-9(10)13-17/h4-5,10,17H,6H2,1-3H3/b13-9+/t10-,12+/m1/s1. The summed E-state index contributed by atoms with van der Waals surface area (Å²) in [6, 6.07) is 0. The number of hydrogen-bond acceptors (Lipinski definition) is 8. The van der Waals surface area contributed by atoms with Crippen molar-refractivity contribution in [3.63, 3.8) is 0 Å². The lowest BCUT2D eigenvalue weighted by molar-refractivity contribution is -0.177. The van der Waals surface area contributed by atoms with E-state index in [1.165, 1.54) is 19.1 Å². The van der Waals surface area contributed by atoms with E-state index in [1.807, 2.05) is 0 Å². The third-order valence-corrected chi connectivity index (χ3v) is 2.62. The van der Waals surface area contributed by atoms with Crippen LogP contribution in [-0.2, 0) is 28.6 Å². The average molecular weight is 285 g/mol. The van der Waals surface area contributed by atoms with E-state index in [4.69, 9.17) is 14.7 Å². The minimum atomic E-state index is -1.71. The molecule has 0 saturated heterocycles. The maximum Gasteiger partial charge on any atom is 0.354 e. The Labute approximate surface area is 115 Å². The molecule has 0 bridgehead atoms. The summed E-state index contributed by atoms with van der Waals surface area (Å²) < 4.78 is 14.6. The van der Waals surface area contributed by atoms with Gasteiger partial charge in [0.25, 0.3) is 0 Å². The molecule has 0 aromatic rings. The molecule has 110 valence electrons. The first-order chi connectivity index (χ1) is 9.34. The van der Waals surface area contributed by atoms with Crippen molar-refractivity contribution in [1.82, 2.24) is 0 Å². The summed E-state index contributed by atoms with van der Waals surface area (Å²) in [6.07, 6.45) is 1.21. The first kappa shape index (κ1) is 15.7. The van der Waals surface area contributed by atoms with Crippen LogP contribution in [0.1, 0.15) is 20.3 Å². The summed E-state index contributed by atoms with van der Waals surface area (Å²) >= 11 is 0. The first-order valence-corrected chi connectivity index (χ1v) is 5.71. The van der Waals surface area contributed by atoms with Crippen LogP contribution in [0, 0.1) is 0 Å². The smallest absolute Gasteiger partial charge is 0.354 e. The molecule has 0 aromatic carbocycles. The van der Waals surface area contributed by atoms with Crippen molar-refractivity contribution < 1.29 is 33.8 Å². The van der Waals surface area contributed by atoms with Crippen LogP contribution in [0.15, 0.2) is 17.3 Å². The molecule has 0 radical (unpaired) electrons. The maximum atomic E-state index is 11.9. The third-order valence-electron chi connectivity index (χ3n) is 2.62. The SMILES string of the molecule is COC(=O)[C@]1(OC(C)=O)C=C/C(=N\O)[C@H](OC(C)=O)C1. The van der Waals surface area contributed by atoms with Gasteiger partial charge in [-0.15, -0.1) is 0 Å². The fraction of sp³-hybridized carbons (Fsp3) is 0.500. The van der Waals surface area contributed by atoms with Gasteiger partial charge in [-0.1, -0.05) is 5.16 Å². The first-order valence-electron chi connectivity index (χ1n) is 5.71. The van der Waals surface area contributed by atoms with Crippen molar-refractivity contribution in [2.24, 2.45) is 5.16 Å². The van der Waals surface area contributed by atoms with Gasteiger partial charge in [0.1, 0.15) is 5.71 Å². The Morgan fingerprint density at radius 3 is 2.45 bits per heavy atom. The van der Waals surface area contributed by atoms with E-state index in [0.717, 1.165) is 14.0 Å². The lowest BCUT2D eigenvalue weighted by atomic mass is 9.87. The molecule has 0 fully saturated rings. The number of ether oxygens (including phenoxy) is 3. The monoisotopic (exact) mass is 285 g/mol. The topological polar surface area (TPSA) is 111 Å². The van der Waals surface area contributed by atoms with E-state index in [1.54, 1.807) is 0 Å². The van der Waals surface area contributed by atoms with Gasteiger partial charge in [-0.2, -0.15) is 0 Å². The second-order valence-electron chi connectivity index (χ2n) is 4.14. The molecular formula is C12H15NO7. The number of esters is 3. The van der Waals surface area contributed by atoms with Crippen molar-refractivity contribution in [1.29, 1.82) is 0 Å². The zero-order chi connectivity index (χ0) is 15.3. The number of carbonyl (C=O) groups excluding carboxylic acids is 3. The highest BCUT2D eigenvalue weighted by atomic mass is 16.6. The molecule has 0 heterocycles. The molecule has 20 heavy (non-hydrogen) atoms. The molecule has 0 aliphatic heterocycles. The number of oxime groups is 1. The van der Waals surface area contributed by atoms with Gasteiger partial charge in [-0.3, -0.25) is 9.59 Å². The van der Waals surface area contributed by atoms with Crippen LogP contribution in [0.3, 0.4) is 0 Å². The number of methoxy groups -OCH3 is 1. The summed E-state index contributed by atoms with van der Waals surface area (Å²) in [4.78, 5) is 34.1. The van der Waals surface area contributed by atoms with Crippen LogP contribution in [0.25, 0.3) is 0 Å². The number of hydrogen-bond donors (Lipinski definition) is 1. The van der Waals surface area contributed by atoms with Gasteiger partial charge in [-0.05, 0) is 12.2 Å². The van der Waals surface area contributed by atoms with Crippen molar-refractivity contribution in [3.05, 3.63) is 12.2 Å². The fourth-order valence-corrected chi connectivity index (χ4v) is 1.87. The molecule has 1 aliphatic rings. The molecule has 2 atom stereocenters. The Kier molecular flexibility index (Phi) is 4.84. The van der Waals surface area contributed by atoms with Crippen molar-refractivity contribution in [2.45, 2.75) is 32.0 Å². The third kappa shape index (κ3) is 3.34. The van der Waals surface area contributed by atoms with Gasteiger partial charge < -0.3 is 19.4 Å². The Hall–Kier alpha value is -2.38. The minimum absolute atomic E-state index is 0.0341. The molecule has 0 amide bonds. The molecule has 0 saturated carbocycles. The molecule has 0 aromatic heterocycles. The van der Waals surface area contributed by atoms with Gasteiger partial charge in [0.15, 0.2) is 6.10 Å². The summed E-state index contributed by atoms with van der Waals surface area (Å²) in [6.45, 7) is 2.30. The lowest BCUT2D eigenvalue weighted by Crippen LogP contribution is -2.49. The molecular weight excluding hydrogens is 270 g/mol. The summed E-state index contributed by atoms with van der Waals surface area (Å²) in [5.74, 6) is -2.16. The molecule has 1 rings (SSSR count). The van der Waals surface area contributed by atoms with Crippen LogP contribution >= 0.6 is 0 Å². The van der Waals surface area contributed by atoms with Gasteiger partial charge in [0.2, 0.25) is 5.60 Å². The maximum absolute atomic E-state index is 11.9. The van der Waals surface area contributed by atoms with Crippen LogP contribution in [-0.4, -0.2) is 47.6 Å². The molecule has 0 unspecified atom stereocenters. The van der Waals surface area contributed by atoms with Gasteiger partial charge >= 0.3 is 17.9 Å². The molecule has 8 nitrogen and oxygen atoms in total. The normalized spacial score (nSPS) is 26.9. The fourth-order valence-electron chi connectivity index (χ4n) is 1.87. The number of carbonyl (C=O) groups is 3. The van der Waals surface area contributed by atoms with Crippen LogP contribution in [0.2, 0.25) is 0 Å². The zero-order valence-corrected chi connectivity index (χ0v) is 11.3. The van der Waals surface area contributed by atoms with E-state index >= 15 is 0 Å². The highest BCUT2D eigenvalue weighted by molar-refractivity contribution is 6.02. The Morgan fingerprint density at radius 2 is 2.00 bits per heavy atom. The molecule has 0 spiro atoms. The molecule has 1 aliphatic carbocycles. The predicted molar refractivity (Wildman–Crippen MR) is 65.0 cm³/mol. The summed E-state index contributed by atoms with van der Waals surface area (Å²) in [7, 11) is 1.14. The Morgan fingerprint density at radius 1 is 1.35 bits per heavy atom. The number of rotatable bonds is 3. The van der Waals surface area contributed by atoms with E-state index in [9.17, 15) is 14.4 Å². The zero-order valence-electron chi connectivity index (χ0n) is 11.3. The highest BCUT2D eigenvalue weighted by Gasteiger charge is 2.47. The number of nitrogens with zero attached hydrogens (tertiary/aromatic N) is 1. The van der Waals surface area contributed by atoms with Crippen LogP contribution in [0.4, 0.5) is 0 Å². The minimum Gasteiger partial charge on any atom is -0.466 e. The Balaban J connectivity index is 3.17. The quantitative estimate of drug-likeness (QED) is 0.341. The molecule has 8 heteroatoms. The second kappa shape index (κ2) is 6.18. The van der Waals surface area contributed by atoms with Crippen molar-refractivity contribution in [3.8, 4) is 0 Å². The second-order valence-corrected chi connectivity index (χ2v) is 4.14. The van der Waals surface area contributed by atoms with Gasteiger partial charge in [0, 0.05) is 20.3 Å². The summed E-state index contributed by atoms with van der Waals surface area (Å²) in [5.41, 5.74) is -1.68. The molecule has 1 N–H and O–H groups in total. The van der Waals surface area contributed by atoms with E-state index in [0.29, 0.717) is 0 Å². The average Bonchev–Trinajstić information content (AvgIpc) is 2.36. The highest BCUT2D eigenvalue weighted by Crippen LogP contribution is 2.29. The van der Waals surface area contributed by atoms with Crippen LogP contribution < -0.4 is 0 Å². The van der Waals surface area contributed by atoms with E-state index < -0.39 is 29.6 Å². The van der Waals surface area contributed by atoms with Gasteiger partial charge in [0.05, 0.1) is 7.11 Å². The van der Waals surface area contributed by atoms with Crippen molar-refractivity contribution in [2.75, 3.05) is 7.11 Å². The lowest BCUT2D eigenvalue weighted by Gasteiger charge is -2.33. The van der Waals surface area contributed by atoms with E-state index in [-0.39, 0.29) is 12.1 Å². The summed E-state index contributed by atoms with van der Waals surface area (Å²) in [5, 5.41) is 11.8. The predicted octanol–water partition coefficient (Wildman–Crippen LogP) is 0.183. The Bertz CT molecular complexity index is 482. The van der Waals surface area contributed by atoms with Gasteiger partial charge in [-0.25, -0.2) is 4.79 Å².